The Labute approximate surface area is 186 Å². The molecular weight excluding hydrogens is 394 g/mol. The van der Waals surface area contributed by atoms with Crippen LogP contribution in [0.15, 0.2) is 40.8 Å². The van der Waals surface area contributed by atoms with Crippen molar-refractivity contribution in [2.75, 3.05) is 7.11 Å². The monoisotopic (exact) mass is 429 g/mol. The van der Waals surface area contributed by atoms with Gasteiger partial charge in [-0.3, -0.25) is 0 Å². The van der Waals surface area contributed by atoms with E-state index in [4.69, 9.17) is 21.4 Å². The molecule has 1 aliphatic rings. The number of methoxy groups -OCH3 is 1. The van der Waals surface area contributed by atoms with Crippen LogP contribution in [-0.2, 0) is 13.1 Å². The van der Waals surface area contributed by atoms with Crippen molar-refractivity contribution in [3.8, 4) is 5.75 Å². The molecule has 2 heterocycles. The molecule has 2 N–H and O–H groups in total. The molecule has 0 spiro atoms. The zero-order valence-corrected chi connectivity index (χ0v) is 19.9. The van der Waals surface area contributed by atoms with Gasteiger partial charge in [0, 0.05) is 23.7 Å². The third-order valence-electron chi connectivity index (χ3n) is 5.48. The van der Waals surface area contributed by atoms with Crippen molar-refractivity contribution >= 4 is 17.3 Å². The quantitative estimate of drug-likeness (QED) is 0.645. The van der Waals surface area contributed by atoms with Crippen molar-refractivity contribution in [3.63, 3.8) is 0 Å². The van der Waals surface area contributed by atoms with Gasteiger partial charge in [-0.15, -0.1) is 0 Å². The Morgan fingerprint density at radius 2 is 1.73 bits per heavy atom. The number of nitrogens with one attached hydrogen (secondary N) is 2. The molecular formula is C24H35N3O2S. The minimum Gasteiger partial charge on any atom is -0.497 e. The van der Waals surface area contributed by atoms with E-state index in [9.17, 15) is 0 Å². The Kier molecular flexibility index (Phi) is 6.78. The van der Waals surface area contributed by atoms with Gasteiger partial charge in [0.1, 0.15) is 17.3 Å². The van der Waals surface area contributed by atoms with Crippen molar-refractivity contribution in [3.05, 3.63) is 53.5 Å². The Morgan fingerprint density at radius 1 is 1.10 bits per heavy atom. The van der Waals surface area contributed by atoms with E-state index in [2.05, 4.69) is 55.4 Å². The van der Waals surface area contributed by atoms with Crippen LogP contribution in [0.5, 0.6) is 5.75 Å². The number of benzene rings is 1. The summed E-state index contributed by atoms with van der Waals surface area (Å²) in [4.78, 5) is 2.18. The summed E-state index contributed by atoms with van der Waals surface area (Å²) in [6, 6.07) is 12.5. The number of ether oxygens (including phenoxy) is 1. The minimum atomic E-state index is 0.0635. The molecule has 30 heavy (non-hydrogen) atoms. The Hall–Kier alpha value is -2.05. The van der Waals surface area contributed by atoms with Gasteiger partial charge in [-0.1, -0.05) is 12.1 Å². The maximum atomic E-state index is 5.89. The summed E-state index contributed by atoms with van der Waals surface area (Å²) >= 11 is 5.89. The summed E-state index contributed by atoms with van der Waals surface area (Å²) in [5.41, 5.74) is 1.30. The van der Waals surface area contributed by atoms with Crippen molar-refractivity contribution in [1.82, 2.24) is 15.5 Å². The Bertz CT molecular complexity index is 842. The molecule has 0 bridgehead atoms. The third kappa shape index (κ3) is 6.22. The first-order valence-corrected chi connectivity index (χ1v) is 11.0. The number of aryl methyl sites for hydroxylation is 1. The summed E-state index contributed by atoms with van der Waals surface area (Å²) in [7, 11) is 1.68. The number of piperidine rings is 1. The van der Waals surface area contributed by atoms with Crippen molar-refractivity contribution in [1.29, 1.82) is 0 Å². The first kappa shape index (κ1) is 22.6. The molecule has 1 aliphatic heterocycles. The van der Waals surface area contributed by atoms with E-state index in [1.54, 1.807) is 7.11 Å². The molecule has 0 amide bonds. The van der Waals surface area contributed by atoms with Crippen molar-refractivity contribution < 1.29 is 9.15 Å². The molecule has 0 saturated carbocycles. The largest absolute Gasteiger partial charge is 0.497 e. The van der Waals surface area contributed by atoms with E-state index in [0.717, 1.165) is 35.2 Å². The van der Waals surface area contributed by atoms with Gasteiger partial charge in [0.05, 0.1) is 13.7 Å². The molecule has 5 nitrogen and oxygen atoms in total. The lowest BCUT2D eigenvalue weighted by Crippen LogP contribution is -2.62. The maximum Gasteiger partial charge on any atom is 0.169 e. The first-order valence-electron chi connectivity index (χ1n) is 10.6. The molecule has 0 atom stereocenters. The number of hydrogen-bond acceptors (Lipinski definition) is 4. The SMILES string of the molecule is COc1ccc(CN(Cc2ccc(C)o2)C(=S)NC2CC(C)(C)NC(C)(C)C2)cc1. The van der Waals surface area contributed by atoms with E-state index in [-0.39, 0.29) is 11.1 Å². The number of furan rings is 1. The molecule has 1 fully saturated rings. The van der Waals surface area contributed by atoms with Crippen LogP contribution in [0.3, 0.4) is 0 Å². The lowest BCUT2D eigenvalue weighted by atomic mass is 9.80. The fourth-order valence-corrected chi connectivity index (χ4v) is 4.90. The maximum absolute atomic E-state index is 5.89. The molecule has 2 aromatic rings. The smallest absolute Gasteiger partial charge is 0.169 e. The molecule has 1 aromatic heterocycles. The predicted octanol–water partition coefficient (Wildman–Crippen LogP) is 4.78. The van der Waals surface area contributed by atoms with Gasteiger partial charge in [-0.25, -0.2) is 0 Å². The van der Waals surface area contributed by atoms with Gasteiger partial charge in [0.15, 0.2) is 5.11 Å². The van der Waals surface area contributed by atoms with Crippen LogP contribution in [0.4, 0.5) is 0 Å². The van der Waals surface area contributed by atoms with Crippen LogP contribution >= 0.6 is 12.2 Å². The molecule has 0 radical (unpaired) electrons. The lowest BCUT2D eigenvalue weighted by molar-refractivity contribution is 0.153. The van der Waals surface area contributed by atoms with Gasteiger partial charge in [0.25, 0.3) is 0 Å². The second kappa shape index (κ2) is 8.98. The number of thiocarbonyl (C=S) groups is 1. The van der Waals surface area contributed by atoms with E-state index >= 15 is 0 Å². The third-order valence-corrected chi connectivity index (χ3v) is 5.86. The highest BCUT2D eigenvalue weighted by Gasteiger charge is 2.38. The summed E-state index contributed by atoms with van der Waals surface area (Å²) in [6.07, 6.45) is 2.04. The second-order valence-electron chi connectivity index (χ2n) is 9.66. The number of nitrogens with zero attached hydrogens (tertiary/aromatic N) is 1. The van der Waals surface area contributed by atoms with Gasteiger partial charge in [-0.05, 0) is 89.5 Å². The van der Waals surface area contributed by atoms with Gasteiger partial charge in [0.2, 0.25) is 0 Å². The minimum absolute atomic E-state index is 0.0635. The van der Waals surface area contributed by atoms with Crippen LogP contribution in [0, 0.1) is 6.92 Å². The summed E-state index contributed by atoms with van der Waals surface area (Å²) < 4.78 is 11.1. The lowest BCUT2D eigenvalue weighted by Gasteiger charge is -2.47. The Balaban J connectivity index is 1.75. The molecule has 1 saturated heterocycles. The van der Waals surface area contributed by atoms with Crippen LogP contribution in [-0.4, -0.2) is 34.2 Å². The van der Waals surface area contributed by atoms with Crippen LogP contribution in [0.2, 0.25) is 0 Å². The predicted molar refractivity (Wildman–Crippen MR) is 126 cm³/mol. The summed E-state index contributed by atoms with van der Waals surface area (Å²) in [5, 5.41) is 8.15. The van der Waals surface area contributed by atoms with Crippen molar-refractivity contribution in [2.24, 2.45) is 0 Å². The molecule has 1 aromatic carbocycles. The van der Waals surface area contributed by atoms with Crippen LogP contribution in [0.1, 0.15) is 57.6 Å². The van der Waals surface area contributed by atoms with E-state index in [1.165, 1.54) is 5.56 Å². The zero-order chi connectivity index (χ0) is 21.9. The average molecular weight is 430 g/mol. The number of hydrogen-bond donors (Lipinski definition) is 2. The molecule has 6 heteroatoms. The van der Waals surface area contributed by atoms with E-state index in [1.807, 2.05) is 31.2 Å². The standard InChI is InChI=1S/C24H35N3O2S/c1-17-7-10-21(29-17)16-27(15-18-8-11-20(28-6)12-9-18)22(30)25-19-13-23(2,3)26-24(4,5)14-19/h7-12,19,26H,13-16H2,1-6H3,(H,25,30). The second-order valence-corrected chi connectivity index (χ2v) is 10.1. The summed E-state index contributed by atoms with van der Waals surface area (Å²) in [6.45, 7) is 12.3. The highest BCUT2D eigenvalue weighted by molar-refractivity contribution is 7.80. The highest BCUT2D eigenvalue weighted by Crippen LogP contribution is 2.29. The topological polar surface area (TPSA) is 49.7 Å². The normalized spacial score (nSPS) is 18.1. The molecule has 3 rings (SSSR count). The fraction of sp³-hybridized carbons (Fsp3) is 0.542. The summed E-state index contributed by atoms with van der Waals surface area (Å²) in [5.74, 6) is 2.68. The van der Waals surface area contributed by atoms with Gasteiger partial charge in [-0.2, -0.15) is 0 Å². The number of rotatable bonds is 6. The van der Waals surface area contributed by atoms with Crippen molar-refractivity contribution in [2.45, 2.75) is 77.7 Å². The van der Waals surface area contributed by atoms with E-state index in [0.29, 0.717) is 19.1 Å². The van der Waals surface area contributed by atoms with Crippen LogP contribution in [0.25, 0.3) is 0 Å². The molecule has 164 valence electrons. The van der Waals surface area contributed by atoms with Gasteiger partial charge < -0.3 is 24.7 Å². The fourth-order valence-electron chi connectivity index (χ4n) is 4.60. The van der Waals surface area contributed by atoms with Crippen LogP contribution < -0.4 is 15.4 Å². The van der Waals surface area contributed by atoms with Gasteiger partial charge >= 0.3 is 0 Å². The van der Waals surface area contributed by atoms with E-state index < -0.39 is 0 Å². The molecule has 0 unspecified atom stereocenters. The Morgan fingerprint density at radius 3 is 2.27 bits per heavy atom. The molecule has 0 aliphatic carbocycles. The zero-order valence-electron chi connectivity index (χ0n) is 19.0. The average Bonchev–Trinajstić information content (AvgIpc) is 3.04. The highest BCUT2D eigenvalue weighted by atomic mass is 32.1. The first-order chi connectivity index (χ1) is 14.0.